The van der Waals surface area contributed by atoms with Crippen LogP contribution in [0.25, 0.3) is 0 Å². The van der Waals surface area contributed by atoms with Crippen LogP contribution in [0.1, 0.15) is 43.4 Å². The first-order chi connectivity index (χ1) is 9.81. The van der Waals surface area contributed by atoms with Gasteiger partial charge in [-0.25, -0.2) is 9.97 Å². The van der Waals surface area contributed by atoms with E-state index >= 15 is 0 Å². The van der Waals surface area contributed by atoms with Crippen LogP contribution in [0.5, 0.6) is 0 Å². The number of hydrogen-bond donors (Lipinski definition) is 1. The normalized spacial score (nSPS) is 32.9. The second kappa shape index (κ2) is 4.99. The summed E-state index contributed by atoms with van der Waals surface area (Å²) in [6.45, 7) is 2.34. The van der Waals surface area contributed by atoms with Crippen molar-refractivity contribution in [3.8, 4) is 0 Å². The number of hydrogen-bond acceptors (Lipinski definition) is 4. The van der Waals surface area contributed by atoms with Crippen molar-refractivity contribution < 1.29 is 0 Å². The molecular formula is C16H24N4. The molecule has 2 fully saturated rings. The van der Waals surface area contributed by atoms with Crippen LogP contribution < -0.4 is 10.6 Å². The fourth-order valence-corrected chi connectivity index (χ4v) is 4.42. The van der Waals surface area contributed by atoms with Gasteiger partial charge in [0.25, 0.3) is 0 Å². The van der Waals surface area contributed by atoms with Gasteiger partial charge in [0.2, 0.25) is 0 Å². The minimum absolute atomic E-state index is 0.426. The maximum Gasteiger partial charge on any atom is 0.135 e. The molecule has 108 valence electrons. The Morgan fingerprint density at radius 1 is 1.05 bits per heavy atom. The Labute approximate surface area is 120 Å². The smallest absolute Gasteiger partial charge is 0.135 e. The van der Waals surface area contributed by atoms with Crippen LogP contribution in [-0.4, -0.2) is 29.1 Å². The molecule has 0 spiro atoms. The molecule has 1 aromatic rings. The molecule has 0 amide bonds. The fraction of sp³-hybridized carbons (Fsp3) is 0.750. The number of aromatic nitrogens is 2. The van der Waals surface area contributed by atoms with Crippen LogP contribution in [0.4, 0.5) is 5.82 Å². The van der Waals surface area contributed by atoms with Crippen molar-refractivity contribution in [2.75, 3.05) is 18.0 Å². The average molecular weight is 272 g/mol. The van der Waals surface area contributed by atoms with E-state index in [-0.39, 0.29) is 0 Å². The molecule has 1 aliphatic heterocycles. The molecule has 2 N–H and O–H groups in total. The molecule has 3 aliphatic rings. The van der Waals surface area contributed by atoms with E-state index in [1.165, 1.54) is 55.7 Å². The van der Waals surface area contributed by atoms with E-state index < -0.39 is 0 Å². The van der Waals surface area contributed by atoms with Crippen molar-refractivity contribution in [1.82, 2.24) is 9.97 Å². The Morgan fingerprint density at radius 3 is 2.85 bits per heavy atom. The van der Waals surface area contributed by atoms with Gasteiger partial charge in [-0.3, -0.25) is 0 Å². The summed E-state index contributed by atoms with van der Waals surface area (Å²) in [4.78, 5) is 11.7. The lowest BCUT2D eigenvalue weighted by atomic mass is 9.79. The molecule has 20 heavy (non-hydrogen) atoms. The fourth-order valence-electron chi connectivity index (χ4n) is 4.42. The lowest BCUT2D eigenvalue weighted by molar-refractivity contribution is 0.271. The van der Waals surface area contributed by atoms with Gasteiger partial charge >= 0.3 is 0 Å². The summed E-state index contributed by atoms with van der Waals surface area (Å²) in [5.74, 6) is 2.86. The highest BCUT2D eigenvalue weighted by atomic mass is 15.2. The zero-order valence-corrected chi connectivity index (χ0v) is 12.1. The second-order valence-electron chi connectivity index (χ2n) is 6.83. The Morgan fingerprint density at radius 2 is 1.90 bits per heavy atom. The van der Waals surface area contributed by atoms with Crippen molar-refractivity contribution in [2.45, 2.75) is 51.0 Å². The minimum atomic E-state index is 0.426. The van der Waals surface area contributed by atoms with Crippen LogP contribution in [0.15, 0.2) is 6.33 Å². The van der Waals surface area contributed by atoms with Gasteiger partial charge in [-0.1, -0.05) is 0 Å². The summed E-state index contributed by atoms with van der Waals surface area (Å²) in [7, 11) is 0. The van der Waals surface area contributed by atoms with Crippen LogP contribution in [0.2, 0.25) is 0 Å². The summed E-state index contributed by atoms with van der Waals surface area (Å²) in [5, 5.41) is 0. The third-order valence-corrected chi connectivity index (χ3v) is 5.49. The van der Waals surface area contributed by atoms with Gasteiger partial charge in [0.05, 0.1) is 0 Å². The molecule has 2 aliphatic carbocycles. The zero-order valence-electron chi connectivity index (χ0n) is 12.1. The lowest BCUT2D eigenvalue weighted by Crippen LogP contribution is -2.32. The minimum Gasteiger partial charge on any atom is -0.356 e. The predicted molar refractivity (Wildman–Crippen MR) is 79.7 cm³/mol. The van der Waals surface area contributed by atoms with Gasteiger partial charge in [0.1, 0.15) is 12.1 Å². The topological polar surface area (TPSA) is 55.0 Å². The number of aryl methyl sites for hydroxylation is 1. The Bertz CT molecular complexity index is 501. The van der Waals surface area contributed by atoms with E-state index in [9.17, 15) is 0 Å². The molecule has 0 radical (unpaired) electrons. The third-order valence-electron chi connectivity index (χ3n) is 5.49. The number of fused-ring (bicyclic) bond motifs is 2. The molecule has 2 heterocycles. The van der Waals surface area contributed by atoms with Gasteiger partial charge in [0.15, 0.2) is 0 Å². The van der Waals surface area contributed by atoms with Gasteiger partial charge < -0.3 is 10.6 Å². The van der Waals surface area contributed by atoms with E-state index in [4.69, 9.17) is 5.73 Å². The molecule has 1 saturated heterocycles. The first-order valence-corrected chi connectivity index (χ1v) is 8.14. The summed E-state index contributed by atoms with van der Waals surface area (Å²) in [6, 6.07) is 0.426. The van der Waals surface area contributed by atoms with Crippen LogP contribution in [0, 0.1) is 11.8 Å². The molecule has 1 aromatic heterocycles. The predicted octanol–water partition coefficient (Wildman–Crippen LogP) is 1.92. The molecule has 4 rings (SSSR count). The summed E-state index contributed by atoms with van der Waals surface area (Å²) in [5.41, 5.74) is 8.87. The quantitative estimate of drug-likeness (QED) is 0.848. The lowest BCUT2D eigenvalue weighted by Gasteiger charge is -2.27. The number of nitrogens with zero attached hydrogens (tertiary/aromatic N) is 3. The van der Waals surface area contributed by atoms with Crippen molar-refractivity contribution >= 4 is 5.82 Å². The first-order valence-electron chi connectivity index (χ1n) is 8.14. The van der Waals surface area contributed by atoms with E-state index in [0.29, 0.717) is 6.04 Å². The van der Waals surface area contributed by atoms with E-state index in [2.05, 4.69) is 14.9 Å². The van der Waals surface area contributed by atoms with Gasteiger partial charge in [-0.2, -0.15) is 0 Å². The summed E-state index contributed by atoms with van der Waals surface area (Å²) < 4.78 is 0. The Balaban J connectivity index is 1.60. The van der Waals surface area contributed by atoms with Crippen LogP contribution in [-0.2, 0) is 12.8 Å². The van der Waals surface area contributed by atoms with E-state index in [0.717, 1.165) is 31.2 Å². The van der Waals surface area contributed by atoms with Crippen LogP contribution in [0.3, 0.4) is 0 Å². The number of nitrogens with two attached hydrogens (primary N) is 1. The zero-order chi connectivity index (χ0) is 13.5. The van der Waals surface area contributed by atoms with Gasteiger partial charge in [-0.05, 0) is 56.8 Å². The maximum absolute atomic E-state index is 6.14. The summed E-state index contributed by atoms with van der Waals surface area (Å²) >= 11 is 0. The second-order valence-corrected chi connectivity index (χ2v) is 6.83. The molecule has 0 aromatic carbocycles. The van der Waals surface area contributed by atoms with Crippen molar-refractivity contribution in [3.05, 3.63) is 17.6 Å². The molecule has 1 unspecified atom stereocenters. The Kier molecular flexibility index (Phi) is 3.14. The molecule has 0 bridgehead atoms. The molecule has 4 nitrogen and oxygen atoms in total. The van der Waals surface area contributed by atoms with Gasteiger partial charge in [0, 0.05) is 30.4 Å². The van der Waals surface area contributed by atoms with Crippen molar-refractivity contribution in [2.24, 2.45) is 17.6 Å². The van der Waals surface area contributed by atoms with Crippen molar-refractivity contribution in [3.63, 3.8) is 0 Å². The van der Waals surface area contributed by atoms with E-state index in [1.807, 2.05) is 0 Å². The number of anilines is 1. The molecular weight excluding hydrogens is 248 g/mol. The average Bonchev–Trinajstić information content (AvgIpc) is 2.89. The third kappa shape index (κ3) is 2.10. The van der Waals surface area contributed by atoms with E-state index in [1.54, 1.807) is 6.33 Å². The SMILES string of the molecule is NC1CC[C@@H]2CN(c3ncnc4c3CCCC4)C[C@@H]2C1. The number of rotatable bonds is 1. The molecule has 3 atom stereocenters. The van der Waals surface area contributed by atoms with Gasteiger partial charge in [-0.15, -0.1) is 0 Å². The first kappa shape index (κ1) is 12.6. The van der Waals surface area contributed by atoms with Crippen molar-refractivity contribution in [1.29, 1.82) is 0 Å². The monoisotopic (exact) mass is 272 g/mol. The summed E-state index contributed by atoms with van der Waals surface area (Å²) in [6.07, 6.45) is 10.4. The largest absolute Gasteiger partial charge is 0.356 e. The molecule has 1 saturated carbocycles. The maximum atomic E-state index is 6.14. The standard InChI is InChI=1S/C16H24N4/c17-13-6-5-11-8-20(9-12(11)7-13)16-14-3-1-2-4-15(14)18-10-19-16/h10-13H,1-9,17H2/t11-,12+,13?/m1/s1. The Hall–Kier alpha value is -1.16. The highest BCUT2D eigenvalue weighted by Gasteiger charge is 2.38. The molecule has 4 heteroatoms. The highest BCUT2D eigenvalue weighted by molar-refractivity contribution is 5.50. The highest BCUT2D eigenvalue weighted by Crippen LogP contribution is 2.39. The van der Waals surface area contributed by atoms with Crippen LogP contribution >= 0.6 is 0 Å².